The molecule has 0 saturated carbocycles. The molecule has 62 valence electrons. The van der Waals surface area contributed by atoms with E-state index < -0.39 is 0 Å². The number of thioether (sulfide) groups is 1. The lowest BCUT2D eigenvalue weighted by molar-refractivity contribution is 1.10. The minimum absolute atomic E-state index is 0.673. The van der Waals surface area contributed by atoms with Gasteiger partial charge in [0, 0.05) is 10.1 Å². The molecular weight excluding hydrogens is 184 g/mol. The maximum absolute atomic E-state index is 2.29. The molecule has 0 radical (unpaired) electrons. The first-order valence-corrected chi connectivity index (χ1v) is 5.79. The summed E-state index contributed by atoms with van der Waals surface area (Å²) < 4.78 is 0. The molecule has 0 fully saturated rings. The highest BCUT2D eigenvalue weighted by Gasteiger charge is 2.05. The van der Waals surface area contributed by atoms with Crippen molar-refractivity contribution in [1.29, 1.82) is 0 Å². The fourth-order valence-electron chi connectivity index (χ4n) is 1.11. The van der Waals surface area contributed by atoms with E-state index in [1.807, 2.05) is 11.8 Å². The van der Waals surface area contributed by atoms with Crippen molar-refractivity contribution in [2.75, 3.05) is 0 Å². The first-order chi connectivity index (χ1) is 5.95. The van der Waals surface area contributed by atoms with Gasteiger partial charge in [-0.2, -0.15) is 0 Å². The Labute approximate surface area is 81.0 Å². The van der Waals surface area contributed by atoms with Crippen LogP contribution in [0.1, 0.15) is 11.3 Å². The first kappa shape index (κ1) is 8.14. The zero-order valence-corrected chi connectivity index (χ0v) is 8.28. The lowest BCUT2D eigenvalue weighted by Gasteiger charge is -1.97. The standard InChI is InChI=1S/C10H10S2/c1-3-9(11-7-1)5-6-10-4-2-8-12-10/h1-3,5-8,10H,4H2/b6-5+. The fraction of sp³-hybridized carbons (Fsp3) is 0.200. The van der Waals surface area contributed by atoms with E-state index in [4.69, 9.17) is 0 Å². The third-order valence-corrected chi connectivity index (χ3v) is 3.62. The van der Waals surface area contributed by atoms with E-state index in [-0.39, 0.29) is 0 Å². The van der Waals surface area contributed by atoms with Crippen LogP contribution < -0.4 is 0 Å². The van der Waals surface area contributed by atoms with E-state index in [1.165, 1.54) is 11.3 Å². The summed E-state index contributed by atoms with van der Waals surface area (Å²) in [6, 6.07) is 4.23. The van der Waals surface area contributed by atoms with E-state index in [2.05, 4.69) is 41.1 Å². The minimum Gasteiger partial charge on any atom is -0.144 e. The second-order valence-electron chi connectivity index (χ2n) is 2.66. The molecule has 0 aromatic carbocycles. The van der Waals surface area contributed by atoms with Crippen LogP contribution in [0.15, 0.2) is 35.1 Å². The molecule has 2 heteroatoms. The molecular formula is C10H10S2. The van der Waals surface area contributed by atoms with E-state index in [0.717, 1.165) is 0 Å². The molecule has 1 atom stereocenters. The summed E-state index contributed by atoms with van der Waals surface area (Å²) in [7, 11) is 0. The molecule has 0 N–H and O–H groups in total. The van der Waals surface area contributed by atoms with Crippen LogP contribution in [0, 0.1) is 0 Å². The van der Waals surface area contributed by atoms with Gasteiger partial charge in [0.05, 0.1) is 0 Å². The van der Waals surface area contributed by atoms with Crippen molar-refractivity contribution < 1.29 is 0 Å². The Balaban J connectivity index is 1.94. The second-order valence-corrected chi connectivity index (χ2v) is 4.79. The average molecular weight is 194 g/mol. The molecule has 0 bridgehead atoms. The summed E-state index contributed by atoms with van der Waals surface area (Å²) in [5.41, 5.74) is 0. The van der Waals surface area contributed by atoms with Crippen LogP contribution in [-0.4, -0.2) is 5.25 Å². The highest BCUT2D eigenvalue weighted by atomic mass is 32.2. The van der Waals surface area contributed by atoms with Crippen molar-refractivity contribution >= 4 is 29.2 Å². The van der Waals surface area contributed by atoms with Crippen LogP contribution in [-0.2, 0) is 0 Å². The van der Waals surface area contributed by atoms with Crippen LogP contribution in [0.5, 0.6) is 0 Å². The normalized spacial score (nSPS) is 22.5. The number of rotatable bonds is 2. The smallest absolute Gasteiger partial charge is 0.0306 e. The van der Waals surface area contributed by atoms with Crippen molar-refractivity contribution in [3.8, 4) is 0 Å². The van der Waals surface area contributed by atoms with Gasteiger partial charge < -0.3 is 0 Å². The molecule has 2 heterocycles. The Kier molecular flexibility index (Phi) is 2.69. The Morgan fingerprint density at radius 3 is 3.17 bits per heavy atom. The predicted octanol–water partition coefficient (Wildman–Crippen LogP) is 3.78. The number of hydrogen-bond acceptors (Lipinski definition) is 2. The highest BCUT2D eigenvalue weighted by molar-refractivity contribution is 8.03. The lowest BCUT2D eigenvalue weighted by Crippen LogP contribution is -1.87. The van der Waals surface area contributed by atoms with Crippen LogP contribution in [0.4, 0.5) is 0 Å². The molecule has 1 unspecified atom stereocenters. The Morgan fingerprint density at radius 2 is 2.50 bits per heavy atom. The third-order valence-electron chi connectivity index (χ3n) is 1.74. The molecule has 0 nitrogen and oxygen atoms in total. The van der Waals surface area contributed by atoms with Gasteiger partial charge in [-0.25, -0.2) is 0 Å². The third kappa shape index (κ3) is 2.02. The molecule has 0 spiro atoms. The molecule has 12 heavy (non-hydrogen) atoms. The highest BCUT2D eigenvalue weighted by Crippen LogP contribution is 2.25. The number of thiophene rings is 1. The topological polar surface area (TPSA) is 0 Å². The summed E-state index contributed by atoms with van der Waals surface area (Å²) in [4.78, 5) is 1.35. The van der Waals surface area contributed by atoms with Crippen molar-refractivity contribution in [1.82, 2.24) is 0 Å². The summed E-state index contributed by atoms with van der Waals surface area (Å²) in [6.45, 7) is 0. The zero-order chi connectivity index (χ0) is 8.23. The average Bonchev–Trinajstić information content (AvgIpc) is 2.74. The Hall–Kier alpha value is -0.470. The quantitative estimate of drug-likeness (QED) is 0.690. The minimum atomic E-state index is 0.673. The molecule has 1 aliphatic rings. The van der Waals surface area contributed by atoms with Crippen molar-refractivity contribution in [3.63, 3.8) is 0 Å². The molecule has 0 aliphatic carbocycles. The van der Waals surface area contributed by atoms with Gasteiger partial charge in [0.2, 0.25) is 0 Å². The monoisotopic (exact) mass is 194 g/mol. The van der Waals surface area contributed by atoms with Gasteiger partial charge in [-0.05, 0) is 29.4 Å². The van der Waals surface area contributed by atoms with Gasteiger partial charge in [0.15, 0.2) is 0 Å². The van der Waals surface area contributed by atoms with Crippen molar-refractivity contribution in [2.24, 2.45) is 0 Å². The molecule has 1 aromatic rings. The zero-order valence-electron chi connectivity index (χ0n) is 6.64. The van der Waals surface area contributed by atoms with Crippen molar-refractivity contribution in [2.45, 2.75) is 11.7 Å². The van der Waals surface area contributed by atoms with E-state index in [9.17, 15) is 0 Å². The Bertz CT molecular complexity index is 275. The van der Waals surface area contributed by atoms with Gasteiger partial charge in [0.25, 0.3) is 0 Å². The maximum Gasteiger partial charge on any atom is 0.0306 e. The predicted molar refractivity (Wildman–Crippen MR) is 58.5 cm³/mol. The Morgan fingerprint density at radius 1 is 1.50 bits per heavy atom. The summed E-state index contributed by atoms with van der Waals surface area (Å²) in [5, 5.41) is 4.97. The fourth-order valence-corrected chi connectivity index (χ4v) is 2.56. The first-order valence-electron chi connectivity index (χ1n) is 3.97. The molecule has 0 saturated heterocycles. The van der Waals surface area contributed by atoms with Crippen LogP contribution in [0.3, 0.4) is 0 Å². The maximum atomic E-state index is 2.29. The van der Waals surface area contributed by atoms with Gasteiger partial charge in [-0.3, -0.25) is 0 Å². The van der Waals surface area contributed by atoms with E-state index in [0.29, 0.717) is 5.25 Å². The van der Waals surface area contributed by atoms with Gasteiger partial charge in [0.1, 0.15) is 0 Å². The second kappa shape index (κ2) is 3.97. The number of hydrogen-bond donors (Lipinski definition) is 0. The lowest BCUT2D eigenvalue weighted by atomic mass is 10.3. The SMILES string of the molecule is C1=CSC(/C=C/c2cccs2)C1. The van der Waals surface area contributed by atoms with Gasteiger partial charge in [-0.15, -0.1) is 23.1 Å². The summed E-state index contributed by atoms with van der Waals surface area (Å²) in [6.07, 6.45) is 7.92. The van der Waals surface area contributed by atoms with Crippen molar-refractivity contribution in [3.05, 3.63) is 40.0 Å². The van der Waals surface area contributed by atoms with E-state index in [1.54, 1.807) is 11.3 Å². The molecule has 1 aliphatic heterocycles. The van der Waals surface area contributed by atoms with Crippen LogP contribution in [0.2, 0.25) is 0 Å². The van der Waals surface area contributed by atoms with Crippen LogP contribution >= 0.6 is 23.1 Å². The van der Waals surface area contributed by atoms with E-state index >= 15 is 0 Å². The molecule has 2 rings (SSSR count). The van der Waals surface area contributed by atoms with Crippen LogP contribution in [0.25, 0.3) is 6.08 Å². The largest absolute Gasteiger partial charge is 0.144 e. The molecule has 0 amide bonds. The summed E-state index contributed by atoms with van der Waals surface area (Å²) in [5.74, 6) is 0. The van der Waals surface area contributed by atoms with Gasteiger partial charge >= 0.3 is 0 Å². The number of allylic oxidation sites excluding steroid dienone is 1. The summed E-state index contributed by atoms with van der Waals surface area (Å²) >= 11 is 3.69. The molecule has 1 aromatic heterocycles. The van der Waals surface area contributed by atoms with Gasteiger partial charge in [-0.1, -0.05) is 18.2 Å².